The lowest BCUT2D eigenvalue weighted by atomic mass is 9.85. The summed E-state index contributed by atoms with van der Waals surface area (Å²) in [6.07, 6.45) is 0.962. The van der Waals surface area contributed by atoms with Crippen molar-refractivity contribution in [1.29, 1.82) is 0 Å². The molecule has 0 bridgehead atoms. The van der Waals surface area contributed by atoms with Gasteiger partial charge >= 0.3 is 5.97 Å². The van der Waals surface area contributed by atoms with E-state index in [0.29, 0.717) is 0 Å². The third-order valence-corrected chi connectivity index (χ3v) is 3.92. The molecule has 1 aromatic carbocycles. The van der Waals surface area contributed by atoms with Crippen LogP contribution in [0.25, 0.3) is 0 Å². The minimum atomic E-state index is -0.715. The molecule has 1 aliphatic heterocycles. The van der Waals surface area contributed by atoms with Crippen molar-refractivity contribution < 1.29 is 9.90 Å². The van der Waals surface area contributed by atoms with E-state index in [1.54, 1.807) is 0 Å². The fraction of sp³-hybridized carbons (Fsp3) is 0.462. The lowest BCUT2D eigenvalue weighted by Crippen LogP contribution is -2.24. The highest BCUT2D eigenvalue weighted by atomic mass is 79.9. The lowest BCUT2D eigenvalue weighted by molar-refractivity contribution is -0.140. The Kier molecular flexibility index (Phi) is 3.84. The van der Waals surface area contributed by atoms with Crippen molar-refractivity contribution in [2.75, 3.05) is 20.1 Å². The summed E-state index contributed by atoms with van der Waals surface area (Å²) in [6.45, 7) is 1.86. The molecule has 4 heteroatoms. The normalized spacial score (nSPS) is 22.6. The van der Waals surface area contributed by atoms with Crippen LogP contribution in [-0.4, -0.2) is 36.1 Å². The third-order valence-electron chi connectivity index (χ3n) is 3.39. The van der Waals surface area contributed by atoms with E-state index >= 15 is 0 Å². The number of halogens is 1. The third kappa shape index (κ3) is 2.87. The Morgan fingerprint density at radius 2 is 2.12 bits per heavy atom. The van der Waals surface area contributed by atoms with Crippen molar-refractivity contribution >= 4 is 21.9 Å². The average Bonchev–Trinajstić information content (AvgIpc) is 2.68. The van der Waals surface area contributed by atoms with Gasteiger partial charge in [0, 0.05) is 11.0 Å². The van der Waals surface area contributed by atoms with Gasteiger partial charge < -0.3 is 10.0 Å². The first-order valence-corrected chi connectivity index (χ1v) is 6.54. The molecule has 0 amide bonds. The molecule has 1 saturated heterocycles. The molecule has 1 aromatic rings. The molecule has 92 valence electrons. The van der Waals surface area contributed by atoms with Gasteiger partial charge in [0.05, 0.1) is 5.92 Å². The highest BCUT2D eigenvalue weighted by Gasteiger charge is 2.33. The van der Waals surface area contributed by atoms with Crippen LogP contribution in [0.5, 0.6) is 0 Å². The molecule has 0 saturated carbocycles. The highest BCUT2D eigenvalue weighted by Crippen LogP contribution is 2.32. The van der Waals surface area contributed by atoms with E-state index in [-0.39, 0.29) is 11.8 Å². The maximum atomic E-state index is 11.4. The van der Waals surface area contributed by atoms with Crippen molar-refractivity contribution in [3.8, 4) is 0 Å². The van der Waals surface area contributed by atoms with Gasteiger partial charge in [0.15, 0.2) is 0 Å². The van der Waals surface area contributed by atoms with E-state index in [1.165, 1.54) is 0 Å². The van der Waals surface area contributed by atoms with Crippen LogP contribution in [0.4, 0.5) is 0 Å². The van der Waals surface area contributed by atoms with Crippen LogP contribution in [0.1, 0.15) is 17.9 Å². The SMILES string of the molecule is CN1CCC(C(C(=O)O)c2ccc(Br)cc2)C1. The fourth-order valence-electron chi connectivity index (χ4n) is 2.53. The lowest BCUT2D eigenvalue weighted by Gasteiger charge is -2.19. The number of hydrogen-bond donors (Lipinski definition) is 1. The number of benzene rings is 1. The number of aliphatic carboxylic acids is 1. The van der Waals surface area contributed by atoms with Gasteiger partial charge in [0.1, 0.15) is 0 Å². The molecule has 2 rings (SSSR count). The van der Waals surface area contributed by atoms with Crippen LogP contribution in [0, 0.1) is 5.92 Å². The number of rotatable bonds is 3. The fourth-order valence-corrected chi connectivity index (χ4v) is 2.79. The van der Waals surface area contributed by atoms with E-state index in [4.69, 9.17) is 0 Å². The molecule has 0 aliphatic carbocycles. The Labute approximate surface area is 110 Å². The van der Waals surface area contributed by atoms with Gasteiger partial charge in [0.25, 0.3) is 0 Å². The summed E-state index contributed by atoms with van der Waals surface area (Å²) in [4.78, 5) is 13.6. The first-order chi connectivity index (χ1) is 8.08. The molecule has 2 atom stereocenters. The van der Waals surface area contributed by atoms with Gasteiger partial charge in [-0.15, -0.1) is 0 Å². The van der Waals surface area contributed by atoms with Crippen LogP contribution in [0.3, 0.4) is 0 Å². The molecule has 1 fully saturated rings. The van der Waals surface area contributed by atoms with Crippen LogP contribution in [-0.2, 0) is 4.79 Å². The number of carboxylic acids is 1. The van der Waals surface area contributed by atoms with Gasteiger partial charge in [-0.25, -0.2) is 0 Å². The van der Waals surface area contributed by atoms with E-state index < -0.39 is 5.97 Å². The second kappa shape index (κ2) is 5.19. The number of carbonyl (C=O) groups is 1. The van der Waals surface area contributed by atoms with Crippen molar-refractivity contribution in [3.63, 3.8) is 0 Å². The Hall–Kier alpha value is -0.870. The average molecular weight is 298 g/mol. The molecule has 2 unspecified atom stereocenters. The van der Waals surface area contributed by atoms with E-state index in [0.717, 1.165) is 29.5 Å². The van der Waals surface area contributed by atoms with E-state index in [2.05, 4.69) is 20.8 Å². The largest absolute Gasteiger partial charge is 0.481 e. The summed E-state index contributed by atoms with van der Waals surface area (Å²) in [7, 11) is 2.04. The predicted molar refractivity (Wildman–Crippen MR) is 70.1 cm³/mol. The molecule has 3 nitrogen and oxygen atoms in total. The topological polar surface area (TPSA) is 40.5 Å². The predicted octanol–water partition coefficient (Wildman–Crippen LogP) is 2.57. The number of nitrogens with zero attached hydrogens (tertiary/aromatic N) is 1. The molecule has 0 spiro atoms. The zero-order valence-corrected chi connectivity index (χ0v) is 11.4. The van der Waals surface area contributed by atoms with Crippen LogP contribution in [0.15, 0.2) is 28.7 Å². The van der Waals surface area contributed by atoms with Gasteiger partial charge in [-0.1, -0.05) is 28.1 Å². The summed E-state index contributed by atoms with van der Waals surface area (Å²) >= 11 is 3.37. The summed E-state index contributed by atoms with van der Waals surface area (Å²) < 4.78 is 0.980. The maximum absolute atomic E-state index is 11.4. The monoisotopic (exact) mass is 297 g/mol. The van der Waals surface area contributed by atoms with Crippen molar-refractivity contribution in [2.24, 2.45) is 5.92 Å². The van der Waals surface area contributed by atoms with Gasteiger partial charge in [-0.3, -0.25) is 4.79 Å². The van der Waals surface area contributed by atoms with Crippen molar-refractivity contribution in [3.05, 3.63) is 34.3 Å². The number of hydrogen-bond acceptors (Lipinski definition) is 2. The Morgan fingerprint density at radius 1 is 1.47 bits per heavy atom. The Morgan fingerprint density at radius 3 is 2.59 bits per heavy atom. The maximum Gasteiger partial charge on any atom is 0.311 e. The van der Waals surface area contributed by atoms with Crippen LogP contribution < -0.4 is 0 Å². The van der Waals surface area contributed by atoms with Gasteiger partial charge in [0.2, 0.25) is 0 Å². The van der Waals surface area contributed by atoms with Gasteiger partial charge in [-0.05, 0) is 43.6 Å². The van der Waals surface area contributed by atoms with Gasteiger partial charge in [-0.2, -0.15) is 0 Å². The zero-order valence-electron chi connectivity index (χ0n) is 9.77. The van der Waals surface area contributed by atoms with E-state index in [9.17, 15) is 9.90 Å². The molecule has 1 aliphatic rings. The summed E-state index contributed by atoms with van der Waals surface area (Å²) in [5, 5.41) is 9.41. The first-order valence-electron chi connectivity index (χ1n) is 5.74. The Balaban J connectivity index is 2.23. The van der Waals surface area contributed by atoms with Crippen molar-refractivity contribution in [2.45, 2.75) is 12.3 Å². The minimum absolute atomic E-state index is 0.221. The van der Waals surface area contributed by atoms with Crippen LogP contribution in [0.2, 0.25) is 0 Å². The first kappa shape index (κ1) is 12.6. The number of likely N-dealkylation sites (tertiary alicyclic amines) is 1. The summed E-state index contributed by atoms with van der Waals surface area (Å²) in [5.41, 5.74) is 0.904. The molecule has 0 radical (unpaired) electrons. The number of carboxylic acid groups (broad SMARTS) is 1. The zero-order chi connectivity index (χ0) is 12.4. The van der Waals surface area contributed by atoms with Crippen molar-refractivity contribution in [1.82, 2.24) is 4.90 Å². The quantitative estimate of drug-likeness (QED) is 0.932. The second-order valence-corrected chi connectivity index (χ2v) is 5.59. The molecular formula is C13H16BrNO2. The smallest absolute Gasteiger partial charge is 0.311 e. The summed E-state index contributed by atoms with van der Waals surface area (Å²) in [5.74, 6) is -0.876. The second-order valence-electron chi connectivity index (χ2n) is 4.68. The summed E-state index contributed by atoms with van der Waals surface area (Å²) in [6, 6.07) is 7.62. The Bertz CT molecular complexity index is 404. The molecule has 1 heterocycles. The standard InChI is InChI=1S/C13H16BrNO2/c1-15-7-6-10(8-15)12(13(16)17)9-2-4-11(14)5-3-9/h2-5,10,12H,6-8H2,1H3,(H,16,17). The molecule has 17 heavy (non-hydrogen) atoms. The highest BCUT2D eigenvalue weighted by molar-refractivity contribution is 9.10. The molecular weight excluding hydrogens is 282 g/mol. The molecule has 1 N–H and O–H groups in total. The van der Waals surface area contributed by atoms with Crippen LogP contribution >= 0.6 is 15.9 Å². The molecule has 0 aromatic heterocycles. The van der Waals surface area contributed by atoms with E-state index in [1.807, 2.05) is 31.3 Å². The minimum Gasteiger partial charge on any atom is -0.481 e.